The van der Waals surface area contributed by atoms with Gasteiger partial charge in [-0.25, -0.2) is 4.79 Å². The topological polar surface area (TPSA) is 47.6 Å². The zero-order valence-corrected chi connectivity index (χ0v) is 9.11. The third-order valence-corrected chi connectivity index (χ3v) is 1.61. The van der Waals surface area contributed by atoms with E-state index in [9.17, 15) is 4.79 Å². The van der Waals surface area contributed by atoms with Crippen molar-refractivity contribution in [3.05, 3.63) is 24.3 Å². The van der Waals surface area contributed by atoms with Crippen LogP contribution in [-0.2, 0) is 0 Å². The highest BCUT2D eigenvalue weighted by Crippen LogP contribution is 2.18. The van der Waals surface area contributed by atoms with Crippen molar-refractivity contribution in [2.24, 2.45) is 0 Å². The molecule has 1 amide bonds. The second-order valence-electron chi connectivity index (χ2n) is 3.28. The summed E-state index contributed by atoms with van der Waals surface area (Å²) in [5.41, 5.74) is 0. The van der Waals surface area contributed by atoms with Gasteiger partial charge in [-0.15, -0.1) is 0 Å². The molecule has 1 rings (SSSR count). The van der Waals surface area contributed by atoms with E-state index >= 15 is 0 Å². The normalized spacial score (nSPS) is 9.87. The van der Waals surface area contributed by atoms with Crippen LogP contribution in [0, 0.1) is 0 Å². The van der Waals surface area contributed by atoms with Crippen molar-refractivity contribution in [2.45, 2.75) is 20.0 Å². The van der Waals surface area contributed by atoms with Crippen molar-refractivity contribution in [2.75, 3.05) is 7.05 Å². The summed E-state index contributed by atoms with van der Waals surface area (Å²) in [5.74, 6) is 1.25. The fraction of sp³-hybridized carbons (Fsp3) is 0.364. The van der Waals surface area contributed by atoms with E-state index in [1.807, 2.05) is 13.8 Å². The van der Waals surface area contributed by atoms with Crippen LogP contribution in [0.4, 0.5) is 4.79 Å². The molecular formula is C11H15NO3. The molecule has 0 atom stereocenters. The van der Waals surface area contributed by atoms with E-state index in [1.54, 1.807) is 24.3 Å². The van der Waals surface area contributed by atoms with E-state index in [4.69, 9.17) is 9.47 Å². The molecule has 0 saturated carbocycles. The quantitative estimate of drug-likeness (QED) is 0.830. The largest absolute Gasteiger partial charge is 0.491 e. The summed E-state index contributed by atoms with van der Waals surface area (Å²) in [5, 5.41) is 2.37. The summed E-state index contributed by atoms with van der Waals surface area (Å²) < 4.78 is 10.4. The molecule has 1 aromatic carbocycles. The van der Waals surface area contributed by atoms with Crippen LogP contribution in [0.15, 0.2) is 24.3 Å². The molecule has 0 bridgehead atoms. The highest BCUT2D eigenvalue weighted by Gasteiger charge is 2.02. The number of nitrogens with one attached hydrogen (secondary N) is 1. The van der Waals surface area contributed by atoms with E-state index in [-0.39, 0.29) is 6.10 Å². The number of hydrogen-bond donors (Lipinski definition) is 1. The van der Waals surface area contributed by atoms with Crippen LogP contribution in [0.1, 0.15) is 13.8 Å². The van der Waals surface area contributed by atoms with Gasteiger partial charge in [0.25, 0.3) is 0 Å². The predicted octanol–water partition coefficient (Wildman–Crippen LogP) is 2.19. The molecule has 0 aliphatic heterocycles. The Bertz CT molecular complexity index is 319. The summed E-state index contributed by atoms with van der Waals surface area (Å²) in [4.78, 5) is 10.9. The molecular weight excluding hydrogens is 194 g/mol. The Balaban J connectivity index is 2.60. The Morgan fingerprint density at radius 3 is 2.20 bits per heavy atom. The molecule has 4 heteroatoms. The summed E-state index contributed by atoms with van der Waals surface area (Å²) in [6, 6.07) is 6.90. The number of rotatable bonds is 3. The lowest BCUT2D eigenvalue weighted by molar-refractivity contribution is 0.202. The lowest BCUT2D eigenvalue weighted by Crippen LogP contribution is -2.21. The van der Waals surface area contributed by atoms with Crippen molar-refractivity contribution >= 4 is 6.09 Å². The van der Waals surface area contributed by atoms with Gasteiger partial charge in [-0.3, -0.25) is 0 Å². The molecule has 4 nitrogen and oxygen atoms in total. The van der Waals surface area contributed by atoms with Crippen molar-refractivity contribution < 1.29 is 14.3 Å². The number of carbonyl (C=O) groups excluding carboxylic acids is 1. The minimum absolute atomic E-state index is 0.135. The summed E-state index contributed by atoms with van der Waals surface area (Å²) in [7, 11) is 1.51. The number of hydrogen-bond acceptors (Lipinski definition) is 3. The first-order valence-electron chi connectivity index (χ1n) is 4.78. The number of amides is 1. The van der Waals surface area contributed by atoms with E-state index < -0.39 is 6.09 Å². The molecule has 0 aromatic heterocycles. The summed E-state index contributed by atoms with van der Waals surface area (Å²) in [6.45, 7) is 3.91. The highest BCUT2D eigenvalue weighted by atomic mass is 16.6. The standard InChI is InChI=1S/C11H15NO3/c1-8(2)14-9-4-6-10(7-5-9)15-11(13)12-3/h4-8H,1-3H3,(H,12,13). The predicted molar refractivity (Wildman–Crippen MR) is 57.3 cm³/mol. The lowest BCUT2D eigenvalue weighted by Gasteiger charge is -2.09. The molecule has 0 heterocycles. The molecule has 0 aliphatic rings. The van der Waals surface area contributed by atoms with Crippen molar-refractivity contribution in [3.63, 3.8) is 0 Å². The molecule has 0 fully saturated rings. The van der Waals surface area contributed by atoms with Gasteiger partial charge < -0.3 is 14.8 Å². The molecule has 0 radical (unpaired) electrons. The van der Waals surface area contributed by atoms with Gasteiger partial charge in [-0.2, -0.15) is 0 Å². The monoisotopic (exact) mass is 209 g/mol. The summed E-state index contributed by atoms with van der Waals surface area (Å²) in [6.07, 6.45) is -0.344. The first-order chi connectivity index (χ1) is 7.11. The Labute approximate surface area is 89.2 Å². The Kier molecular flexibility index (Phi) is 3.97. The van der Waals surface area contributed by atoms with E-state index in [2.05, 4.69) is 5.32 Å². The van der Waals surface area contributed by atoms with Crippen LogP contribution in [0.25, 0.3) is 0 Å². The number of carbonyl (C=O) groups is 1. The van der Waals surface area contributed by atoms with Crippen molar-refractivity contribution in [1.29, 1.82) is 0 Å². The van der Waals surface area contributed by atoms with Crippen molar-refractivity contribution in [3.8, 4) is 11.5 Å². The first kappa shape index (κ1) is 11.4. The van der Waals surface area contributed by atoms with Gasteiger partial charge in [0.2, 0.25) is 0 Å². The van der Waals surface area contributed by atoms with Gasteiger partial charge in [0.15, 0.2) is 0 Å². The molecule has 82 valence electrons. The first-order valence-corrected chi connectivity index (χ1v) is 4.78. The minimum Gasteiger partial charge on any atom is -0.491 e. The average molecular weight is 209 g/mol. The van der Waals surface area contributed by atoms with Crippen LogP contribution in [-0.4, -0.2) is 19.2 Å². The zero-order valence-electron chi connectivity index (χ0n) is 9.11. The van der Waals surface area contributed by atoms with Crippen LogP contribution in [0.3, 0.4) is 0 Å². The third kappa shape index (κ3) is 3.89. The molecule has 0 saturated heterocycles. The van der Waals surface area contributed by atoms with Gasteiger partial charge >= 0.3 is 6.09 Å². The zero-order chi connectivity index (χ0) is 11.3. The molecule has 0 unspecified atom stereocenters. The van der Waals surface area contributed by atoms with Gasteiger partial charge in [0.1, 0.15) is 11.5 Å². The van der Waals surface area contributed by atoms with Crippen LogP contribution in [0.2, 0.25) is 0 Å². The maximum Gasteiger partial charge on any atom is 0.412 e. The Hall–Kier alpha value is -1.71. The van der Waals surface area contributed by atoms with Gasteiger partial charge in [-0.1, -0.05) is 0 Å². The average Bonchev–Trinajstić information content (AvgIpc) is 2.20. The maximum absolute atomic E-state index is 10.9. The summed E-state index contributed by atoms with van der Waals surface area (Å²) >= 11 is 0. The second-order valence-corrected chi connectivity index (χ2v) is 3.28. The smallest absolute Gasteiger partial charge is 0.412 e. The lowest BCUT2D eigenvalue weighted by atomic mass is 10.3. The number of benzene rings is 1. The van der Waals surface area contributed by atoms with Gasteiger partial charge in [0, 0.05) is 7.05 Å². The molecule has 1 N–H and O–H groups in total. The van der Waals surface area contributed by atoms with E-state index in [0.29, 0.717) is 5.75 Å². The highest BCUT2D eigenvalue weighted by molar-refractivity contribution is 5.69. The van der Waals surface area contributed by atoms with E-state index in [1.165, 1.54) is 7.05 Å². The minimum atomic E-state index is -0.479. The van der Waals surface area contributed by atoms with E-state index in [0.717, 1.165) is 5.75 Å². The fourth-order valence-electron chi connectivity index (χ4n) is 1.02. The molecule has 0 spiro atoms. The number of ether oxygens (including phenoxy) is 2. The Morgan fingerprint density at radius 1 is 1.20 bits per heavy atom. The molecule has 0 aliphatic carbocycles. The van der Waals surface area contributed by atoms with Gasteiger partial charge in [0.05, 0.1) is 6.10 Å². The van der Waals surface area contributed by atoms with Crippen molar-refractivity contribution in [1.82, 2.24) is 5.32 Å². The van der Waals surface area contributed by atoms with Gasteiger partial charge in [-0.05, 0) is 38.1 Å². The molecule has 15 heavy (non-hydrogen) atoms. The van der Waals surface area contributed by atoms with Crippen LogP contribution in [0.5, 0.6) is 11.5 Å². The fourth-order valence-corrected chi connectivity index (χ4v) is 1.02. The Morgan fingerprint density at radius 2 is 1.73 bits per heavy atom. The second kappa shape index (κ2) is 5.24. The maximum atomic E-state index is 10.9. The SMILES string of the molecule is CNC(=O)Oc1ccc(OC(C)C)cc1. The third-order valence-electron chi connectivity index (χ3n) is 1.61. The van der Waals surface area contributed by atoms with Crippen LogP contribution < -0.4 is 14.8 Å². The molecule has 1 aromatic rings. The van der Waals surface area contributed by atoms with Crippen LogP contribution >= 0.6 is 0 Å².